The molecule has 0 aliphatic carbocycles. The van der Waals surface area contributed by atoms with Crippen molar-refractivity contribution in [2.24, 2.45) is 4.99 Å². The molecule has 0 fully saturated rings. The summed E-state index contributed by atoms with van der Waals surface area (Å²) in [6, 6.07) is 5.27. The molecule has 0 saturated carbocycles. The highest BCUT2D eigenvalue weighted by molar-refractivity contribution is 7.79. The van der Waals surface area contributed by atoms with Crippen LogP contribution in [0.1, 0.15) is 13.8 Å². The molecule has 96 valence electrons. The van der Waals surface area contributed by atoms with Crippen LogP contribution in [-0.4, -0.2) is 16.4 Å². The molecule has 0 amide bonds. The summed E-state index contributed by atoms with van der Waals surface area (Å²) in [5, 5.41) is -0.0302. The summed E-state index contributed by atoms with van der Waals surface area (Å²) in [4.78, 5) is 7.90. The monoisotopic (exact) mass is 264 g/mol. The summed E-state index contributed by atoms with van der Waals surface area (Å²) in [5.41, 5.74) is 0. The van der Waals surface area contributed by atoms with Crippen LogP contribution in [0.4, 0.5) is 0 Å². The Kier molecular flexibility index (Phi) is 9.03. The van der Waals surface area contributed by atoms with E-state index in [-0.39, 0.29) is 5.24 Å². The summed E-state index contributed by atoms with van der Waals surface area (Å²) >= 11 is 4.89. The molecular formula is C13H16N2O2S. The molecule has 0 radical (unpaired) electrons. The van der Waals surface area contributed by atoms with E-state index in [4.69, 9.17) is 21.7 Å². The Hall–Kier alpha value is -2.01. The van der Waals surface area contributed by atoms with Gasteiger partial charge in [-0.1, -0.05) is 6.07 Å². The van der Waals surface area contributed by atoms with E-state index in [1.54, 1.807) is 50.5 Å². The Bertz CT molecular complexity index is 416. The van der Waals surface area contributed by atoms with Gasteiger partial charge in [0.25, 0.3) is 0 Å². The van der Waals surface area contributed by atoms with Crippen molar-refractivity contribution in [2.75, 3.05) is 0 Å². The molecule has 0 aliphatic rings. The molecule has 0 atom stereocenters. The molecule has 4 nitrogen and oxygen atoms in total. The largest absolute Gasteiger partial charge is 0.399 e. The molecule has 0 aromatic carbocycles. The number of allylic oxidation sites excluding steroid dienone is 1. The summed E-state index contributed by atoms with van der Waals surface area (Å²) in [6.07, 6.45) is 4.91. The average molecular weight is 264 g/mol. The number of hydrogen-bond donors (Lipinski definition) is 0. The van der Waals surface area contributed by atoms with Gasteiger partial charge in [-0.15, -0.1) is 13.2 Å². The number of pyridine rings is 1. The van der Waals surface area contributed by atoms with Gasteiger partial charge in [0, 0.05) is 30.7 Å². The average Bonchev–Trinajstić information content (AvgIpc) is 2.41. The second-order valence-electron chi connectivity index (χ2n) is 2.64. The van der Waals surface area contributed by atoms with Crippen molar-refractivity contribution < 1.29 is 9.47 Å². The lowest BCUT2D eigenvalue weighted by atomic mass is 10.5. The zero-order valence-electron chi connectivity index (χ0n) is 10.5. The van der Waals surface area contributed by atoms with Crippen molar-refractivity contribution in [1.82, 2.24) is 4.98 Å². The van der Waals surface area contributed by atoms with Gasteiger partial charge in [0.1, 0.15) is 0 Å². The number of aliphatic imine (C=N–C) groups is 1. The van der Waals surface area contributed by atoms with Gasteiger partial charge in [0.15, 0.2) is 0 Å². The third-order valence-electron chi connectivity index (χ3n) is 1.52. The summed E-state index contributed by atoms with van der Waals surface area (Å²) in [7, 11) is 0. The predicted molar refractivity (Wildman–Crippen MR) is 77.7 cm³/mol. The first-order chi connectivity index (χ1) is 8.76. The highest BCUT2D eigenvalue weighted by atomic mass is 32.1. The minimum atomic E-state index is -0.0302. The van der Waals surface area contributed by atoms with Crippen molar-refractivity contribution in [3.63, 3.8) is 0 Å². The summed E-state index contributed by atoms with van der Waals surface area (Å²) in [6.45, 7) is 9.58. The Morgan fingerprint density at radius 2 is 2.11 bits per heavy atom. The highest BCUT2D eigenvalue weighted by Crippen LogP contribution is 2.07. The molecule has 0 aliphatic heterocycles. The van der Waals surface area contributed by atoms with Crippen LogP contribution in [0.25, 0.3) is 0 Å². The quantitative estimate of drug-likeness (QED) is 0.362. The van der Waals surface area contributed by atoms with E-state index in [1.165, 1.54) is 0 Å². The Labute approximate surface area is 113 Å². The second-order valence-corrected chi connectivity index (χ2v) is 2.97. The predicted octanol–water partition coefficient (Wildman–Crippen LogP) is 3.52. The first-order valence-corrected chi connectivity index (χ1v) is 5.62. The van der Waals surface area contributed by atoms with Gasteiger partial charge in [0.05, 0.1) is 0 Å². The Morgan fingerprint density at radius 3 is 2.61 bits per heavy atom. The first-order valence-electron chi connectivity index (χ1n) is 5.22. The zero-order chi connectivity index (χ0) is 13.8. The zero-order valence-corrected chi connectivity index (χ0v) is 11.3. The van der Waals surface area contributed by atoms with Gasteiger partial charge < -0.3 is 9.47 Å². The van der Waals surface area contributed by atoms with E-state index in [0.717, 1.165) is 0 Å². The van der Waals surface area contributed by atoms with Crippen LogP contribution in [0.3, 0.4) is 0 Å². The SMILES string of the molecule is C/C=N\C(=C/C)OC(=S)Oc1ccccn1.C=C. The standard InChI is InChI=1S/C11H12N2O2S.C2H4/c1-3-9(12-4-2)14-11(16)15-10-7-5-6-8-13-10;1-2/h3-8H,1-2H3;1-2H2/b9-3+,12-4-;. The van der Waals surface area contributed by atoms with Crippen molar-refractivity contribution in [1.29, 1.82) is 0 Å². The second kappa shape index (κ2) is 10.2. The third kappa shape index (κ3) is 6.55. The van der Waals surface area contributed by atoms with E-state index < -0.39 is 0 Å². The fourth-order valence-electron chi connectivity index (χ4n) is 0.886. The van der Waals surface area contributed by atoms with Gasteiger partial charge >= 0.3 is 5.24 Å². The normalized spacial score (nSPS) is 10.4. The molecule has 0 N–H and O–H groups in total. The van der Waals surface area contributed by atoms with Gasteiger partial charge in [-0.3, -0.25) is 0 Å². The molecule has 0 unspecified atom stereocenters. The number of nitrogens with zero attached hydrogens (tertiary/aromatic N) is 2. The van der Waals surface area contributed by atoms with Gasteiger partial charge in [-0.25, -0.2) is 9.98 Å². The maximum Gasteiger partial charge on any atom is 0.366 e. The molecule has 1 rings (SSSR count). The Morgan fingerprint density at radius 1 is 1.39 bits per heavy atom. The molecule has 0 saturated heterocycles. The minimum absolute atomic E-state index is 0.0302. The lowest BCUT2D eigenvalue weighted by Gasteiger charge is -2.06. The maximum absolute atomic E-state index is 5.18. The number of thiocarbonyl (C=S) groups is 1. The van der Waals surface area contributed by atoms with Gasteiger partial charge in [0.2, 0.25) is 11.8 Å². The molecule has 18 heavy (non-hydrogen) atoms. The summed E-state index contributed by atoms with van der Waals surface area (Å²) in [5.74, 6) is 0.784. The molecule has 1 aromatic rings. The molecule has 5 heteroatoms. The van der Waals surface area contributed by atoms with Gasteiger partial charge in [-0.2, -0.15) is 0 Å². The van der Waals surface area contributed by atoms with Crippen LogP contribution in [0.15, 0.2) is 54.5 Å². The van der Waals surface area contributed by atoms with Gasteiger partial charge in [-0.05, 0) is 26.0 Å². The molecule has 0 bridgehead atoms. The first kappa shape index (κ1) is 16.0. The molecule has 0 spiro atoms. The third-order valence-corrected chi connectivity index (χ3v) is 1.68. The van der Waals surface area contributed by atoms with Crippen LogP contribution in [-0.2, 0) is 4.74 Å². The Balaban J connectivity index is 0.00000137. The van der Waals surface area contributed by atoms with Crippen LogP contribution in [0.5, 0.6) is 5.88 Å². The van der Waals surface area contributed by atoms with E-state index in [1.807, 2.05) is 0 Å². The lowest BCUT2D eigenvalue weighted by molar-refractivity contribution is 0.317. The van der Waals surface area contributed by atoms with Crippen molar-refractivity contribution in [3.8, 4) is 5.88 Å². The number of ether oxygens (including phenoxy) is 2. The number of aromatic nitrogens is 1. The van der Waals surface area contributed by atoms with Crippen LogP contribution < -0.4 is 4.74 Å². The fraction of sp³-hybridized carbons (Fsp3) is 0.154. The maximum atomic E-state index is 5.18. The van der Waals surface area contributed by atoms with Crippen LogP contribution in [0, 0.1) is 0 Å². The molecule has 1 aromatic heterocycles. The van der Waals surface area contributed by atoms with Crippen molar-refractivity contribution in [2.45, 2.75) is 13.8 Å². The summed E-state index contributed by atoms with van der Waals surface area (Å²) < 4.78 is 10.4. The van der Waals surface area contributed by atoms with E-state index in [9.17, 15) is 0 Å². The molecular weight excluding hydrogens is 248 g/mol. The smallest absolute Gasteiger partial charge is 0.366 e. The van der Waals surface area contributed by atoms with Crippen molar-refractivity contribution >= 4 is 23.7 Å². The van der Waals surface area contributed by atoms with Crippen LogP contribution in [0.2, 0.25) is 0 Å². The van der Waals surface area contributed by atoms with E-state index >= 15 is 0 Å². The van der Waals surface area contributed by atoms with Crippen LogP contribution >= 0.6 is 12.2 Å². The molecule has 1 heterocycles. The number of rotatable bonds is 3. The minimum Gasteiger partial charge on any atom is -0.399 e. The van der Waals surface area contributed by atoms with E-state index in [2.05, 4.69) is 23.1 Å². The van der Waals surface area contributed by atoms with Crippen molar-refractivity contribution in [3.05, 3.63) is 49.5 Å². The number of hydrogen-bond acceptors (Lipinski definition) is 5. The fourth-order valence-corrected chi connectivity index (χ4v) is 1.06. The topological polar surface area (TPSA) is 43.7 Å². The van der Waals surface area contributed by atoms with E-state index in [0.29, 0.717) is 11.8 Å². The highest BCUT2D eigenvalue weighted by Gasteiger charge is 2.04. The lowest BCUT2D eigenvalue weighted by Crippen LogP contribution is -2.10.